The van der Waals surface area contributed by atoms with Crippen molar-refractivity contribution in [2.75, 3.05) is 14.1 Å². The average Bonchev–Trinajstić information content (AvgIpc) is 3.13. The van der Waals surface area contributed by atoms with Crippen LogP contribution in [-0.4, -0.2) is 33.9 Å². The summed E-state index contributed by atoms with van der Waals surface area (Å²) < 4.78 is 7.49. The second-order valence-electron chi connectivity index (χ2n) is 8.24. The maximum Gasteiger partial charge on any atom is 0.146 e. The molecule has 0 unspecified atom stereocenters. The van der Waals surface area contributed by atoms with E-state index in [0.29, 0.717) is 17.4 Å². The van der Waals surface area contributed by atoms with E-state index in [-0.39, 0.29) is 0 Å². The number of rotatable bonds is 8. The Morgan fingerprint density at radius 1 is 1.20 bits per heavy atom. The van der Waals surface area contributed by atoms with Crippen LogP contribution in [0.3, 0.4) is 0 Å². The van der Waals surface area contributed by atoms with Crippen molar-refractivity contribution in [2.45, 2.75) is 36.5 Å². The highest BCUT2D eigenvalue weighted by Gasteiger charge is 2.17. The first kappa shape index (κ1) is 25.2. The van der Waals surface area contributed by atoms with Crippen molar-refractivity contribution in [1.82, 2.24) is 19.9 Å². The van der Waals surface area contributed by atoms with Crippen LogP contribution < -0.4 is 4.74 Å². The number of pyridine rings is 2. The fourth-order valence-electron chi connectivity index (χ4n) is 3.80. The molecular formula is C27H27ClN4OS2. The topological polar surface area (TPSA) is 51.1 Å². The Balaban J connectivity index is 1.71. The van der Waals surface area contributed by atoms with Gasteiger partial charge in [-0.3, -0.25) is 4.98 Å². The minimum atomic E-state index is 0.299. The highest BCUT2D eigenvalue weighted by Crippen LogP contribution is 2.39. The summed E-state index contributed by atoms with van der Waals surface area (Å²) in [6.45, 7) is 10.2. The summed E-state index contributed by atoms with van der Waals surface area (Å²) in [5.74, 6) is 0.706. The van der Waals surface area contributed by atoms with Crippen LogP contribution in [0.15, 0.2) is 64.5 Å². The first-order chi connectivity index (χ1) is 16.8. The van der Waals surface area contributed by atoms with E-state index >= 15 is 0 Å². The standard InChI is InChI=1S/C27H27ClN4OS2/c1-7-9-23(32(5)6)20-12-16(2)30-26-19(20)10-8-11-24(26)33-15-21-22(28)13-29-14-25(21)35-27-17(3)31-18(4)34-27/h7-14H,1,15H2,2-6H3/b23-9-. The molecule has 3 aromatic heterocycles. The number of fused-ring (bicyclic) bond motifs is 1. The summed E-state index contributed by atoms with van der Waals surface area (Å²) in [6.07, 6.45) is 7.29. The number of hydrogen-bond acceptors (Lipinski definition) is 7. The van der Waals surface area contributed by atoms with Crippen molar-refractivity contribution in [3.05, 3.63) is 87.9 Å². The molecule has 0 bridgehead atoms. The van der Waals surface area contributed by atoms with Gasteiger partial charge < -0.3 is 9.64 Å². The number of nitrogens with zero attached hydrogens (tertiary/aromatic N) is 4. The fourth-order valence-corrected chi connectivity index (χ4v) is 6.31. The lowest BCUT2D eigenvalue weighted by Gasteiger charge is -2.20. The molecule has 1 aromatic carbocycles. The largest absolute Gasteiger partial charge is 0.487 e. The first-order valence-electron chi connectivity index (χ1n) is 11.1. The van der Waals surface area contributed by atoms with E-state index in [1.54, 1.807) is 35.4 Å². The highest BCUT2D eigenvalue weighted by molar-refractivity contribution is 8.01. The molecule has 0 aliphatic rings. The normalized spacial score (nSPS) is 11.7. The molecule has 0 atom stereocenters. The summed E-state index contributed by atoms with van der Waals surface area (Å²) in [5, 5.41) is 2.62. The third kappa shape index (κ3) is 5.53. The number of hydrogen-bond donors (Lipinski definition) is 0. The molecule has 5 nitrogen and oxygen atoms in total. The number of aryl methyl sites for hydroxylation is 3. The van der Waals surface area contributed by atoms with Crippen LogP contribution in [0, 0.1) is 20.8 Å². The Morgan fingerprint density at radius 2 is 2.00 bits per heavy atom. The zero-order valence-corrected chi connectivity index (χ0v) is 22.8. The molecule has 180 valence electrons. The number of allylic oxidation sites excluding steroid dienone is 2. The summed E-state index contributed by atoms with van der Waals surface area (Å²) in [4.78, 5) is 16.7. The van der Waals surface area contributed by atoms with Crippen molar-refractivity contribution >= 4 is 51.3 Å². The van der Waals surface area contributed by atoms with Gasteiger partial charge in [-0.1, -0.05) is 48.2 Å². The zero-order valence-electron chi connectivity index (χ0n) is 20.4. The van der Waals surface area contributed by atoms with Gasteiger partial charge in [-0.2, -0.15) is 0 Å². The van der Waals surface area contributed by atoms with Crippen molar-refractivity contribution in [3.8, 4) is 5.75 Å². The second kappa shape index (κ2) is 10.8. The zero-order chi connectivity index (χ0) is 25.1. The lowest BCUT2D eigenvalue weighted by atomic mass is 10.0. The second-order valence-corrected chi connectivity index (χ2v) is 11.2. The summed E-state index contributed by atoms with van der Waals surface area (Å²) in [6, 6.07) is 8.10. The molecule has 0 spiro atoms. The molecule has 0 aliphatic heterocycles. The molecule has 0 amide bonds. The third-order valence-corrected chi connectivity index (χ3v) is 8.11. The van der Waals surface area contributed by atoms with Gasteiger partial charge in [-0.25, -0.2) is 9.97 Å². The third-order valence-electron chi connectivity index (χ3n) is 5.37. The van der Waals surface area contributed by atoms with Gasteiger partial charge in [0.2, 0.25) is 0 Å². The smallest absolute Gasteiger partial charge is 0.146 e. The predicted octanol–water partition coefficient (Wildman–Crippen LogP) is 7.48. The molecule has 0 aliphatic carbocycles. The SMILES string of the molecule is C=C/C=C(/c1cc(C)nc2c(OCc3c(Cl)cncc3Sc3sc(C)nc3C)cccc12)N(C)C. The Hall–Kier alpha value is -2.87. The lowest BCUT2D eigenvalue weighted by molar-refractivity contribution is 0.306. The minimum Gasteiger partial charge on any atom is -0.487 e. The van der Waals surface area contributed by atoms with Gasteiger partial charge in [0.25, 0.3) is 0 Å². The molecule has 35 heavy (non-hydrogen) atoms. The van der Waals surface area contributed by atoms with E-state index in [4.69, 9.17) is 21.3 Å². The Morgan fingerprint density at radius 3 is 2.69 bits per heavy atom. The quantitative estimate of drug-likeness (QED) is 0.223. The Kier molecular flexibility index (Phi) is 7.79. The van der Waals surface area contributed by atoms with Gasteiger partial charge in [0, 0.05) is 59.3 Å². The Bertz CT molecular complexity index is 1430. The van der Waals surface area contributed by atoms with E-state index in [1.165, 1.54) is 0 Å². The maximum absolute atomic E-state index is 6.58. The molecule has 0 radical (unpaired) electrons. The monoisotopic (exact) mass is 522 g/mol. The molecule has 0 saturated heterocycles. The van der Waals surface area contributed by atoms with Crippen LogP contribution in [-0.2, 0) is 6.61 Å². The highest BCUT2D eigenvalue weighted by atomic mass is 35.5. The number of ether oxygens (including phenoxy) is 1. The number of halogens is 1. The van der Waals surface area contributed by atoms with E-state index in [0.717, 1.165) is 53.2 Å². The van der Waals surface area contributed by atoms with Crippen molar-refractivity contribution in [3.63, 3.8) is 0 Å². The first-order valence-corrected chi connectivity index (χ1v) is 13.1. The number of para-hydroxylation sites is 1. The van der Waals surface area contributed by atoms with Gasteiger partial charge in [-0.05, 0) is 39.0 Å². The van der Waals surface area contributed by atoms with Gasteiger partial charge in [0.05, 0.1) is 19.9 Å². The molecular weight excluding hydrogens is 496 g/mol. The lowest BCUT2D eigenvalue weighted by Crippen LogP contribution is -2.11. The maximum atomic E-state index is 6.58. The predicted molar refractivity (Wildman–Crippen MR) is 148 cm³/mol. The Labute approximate surface area is 219 Å². The van der Waals surface area contributed by atoms with E-state index in [1.807, 2.05) is 59.3 Å². The van der Waals surface area contributed by atoms with Crippen LogP contribution in [0.4, 0.5) is 0 Å². The van der Waals surface area contributed by atoms with Gasteiger partial charge in [0.1, 0.15) is 17.9 Å². The van der Waals surface area contributed by atoms with Gasteiger partial charge in [0.15, 0.2) is 0 Å². The summed E-state index contributed by atoms with van der Waals surface area (Å²) in [5.41, 5.74) is 5.76. The van der Waals surface area contributed by atoms with E-state index in [2.05, 4.69) is 33.6 Å². The molecule has 0 fully saturated rings. The van der Waals surface area contributed by atoms with Crippen LogP contribution >= 0.6 is 34.7 Å². The van der Waals surface area contributed by atoms with Crippen molar-refractivity contribution in [1.29, 1.82) is 0 Å². The molecule has 0 N–H and O–H groups in total. The molecule has 4 aromatic rings. The molecule has 4 rings (SSSR count). The molecule has 0 saturated carbocycles. The van der Waals surface area contributed by atoms with Crippen LogP contribution in [0.1, 0.15) is 27.5 Å². The summed E-state index contributed by atoms with van der Waals surface area (Å²) >= 11 is 9.87. The minimum absolute atomic E-state index is 0.299. The average molecular weight is 523 g/mol. The molecule has 8 heteroatoms. The van der Waals surface area contributed by atoms with Crippen LogP contribution in [0.25, 0.3) is 16.6 Å². The van der Waals surface area contributed by atoms with Crippen molar-refractivity contribution < 1.29 is 4.74 Å². The number of aromatic nitrogens is 3. The van der Waals surface area contributed by atoms with Crippen LogP contribution in [0.2, 0.25) is 5.02 Å². The van der Waals surface area contributed by atoms with Gasteiger partial charge in [-0.15, -0.1) is 11.3 Å². The molecule has 3 heterocycles. The summed E-state index contributed by atoms with van der Waals surface area (Å²) in [7, 11) is 4.04. The number of thiazole rings is 1. The van der Waals surface area contributed by atoms with Gasteiger partial charge >= 0.3 is 0 Å². The van der Waals surface area contributed by atoms with E-state index in [9.17, 15) is 0 Å². The fraction of sp³-hybridized carbons (Fsp3) is 0.222. The van der Waals surface area contributed by atoms with Crippen molar-refractivity contribution in [2.24, 2.45) is 0 Å². The van der Waals surface area contributed by atoms with E-state index < -0.39 is 0 Å². The number of benzene rings is 1. The van der Waals surface area contributed by atoms with Crippen LogP contribution in [0.5, 0.6) is 5.75 Å².